The third kappa shape index (κ3) is 3.96. The molecule has 4 rings (SSSR count). The molecular weight excluding hydrogens is 352 g/mol. The van der Waals surface area contributed by atoms with E-state index in [4.69, 9.17) is 4.74 Å². The third-order valence-corrected chi connectivity index (χ3v) is 4.20. The van der Waals surface area contributed by atoms with Crippen molar-refractivity contribution in [1.82, 2.24) is 9.38 Å². The number of hydrogen-bond donors (Lipinski definition) is 2. The van der Waals surface area contributed by atoms with Crippen LogP contribution in [0.3, 0.4) is 0 Å². The minimum atomic E-state index is -0.309. The molecule has 140 valence electrons. The summed E-state index contributed by atoms with van der Waals surface area (Å²) >= 11 is 0. The molecule has 0 atom stereocenters. The summed E-state index contributed by atoms with van der Waals surface area (Å²) < 4.78 is 7.37. The van der Waals surface area contributed by atoms with Crippen LogP contribution < -0.4 is 15.4 Å². The van der Waals surface area contributed by atoms with Crippen molar-refractivity contribution in [1.29, 1.82) is 0 Å². The Morgan fingerprint density at radius 2 is 1.82 bits per heavy atom. The maximum atomic E-state index is 12.3. The van der Waals surface area contributed by atoms with Crippen molar-refractivity contribution in [2.45, 2.75) is 6.92 Å². The van der Waals surface area contributed by atoms with Crippen molar-refractivity contribution in [3.8, 4) is 17.0 Å². The molecule has 2 aromatic heterocycles. The maximum Gasteiger partial charge on any atom is 0.323 e. The number of anilines is 2. The highest BCUT2D eigenvalue weighted by Gasteiger charge is 2.07. The summed E-state index contributed by atoms with van der Waals surface area (Å²) in [6, 6.07) is 20.4. The third-order valence-electron chi connectivity index (χ3n) is 4.20. The van der Waals surface area contributed by atoms with Gasteiger partial charge in [-0.25, -0.2) is 9.78 Å². The van der Waals surface area contributed by atoms with Gasteiger partial charge in [-0.05, 0) is 55.5 Å². The predicted molar refractivity (Wildman–Crippen MR) is 111 cm³/mol. The number of imidazole rings is 1. The standard InChI is InChI=1S/C22H20N4O2/c1-2-28-19-11-9-17(10-12-19)23-22(27)24-18-7-5-6-16(14-18)20-15-26-13-4-3-8-21(26)25-20/h3-15H,2H2,1H3,(H2,23,24,27). The van der Waals surface area contributed by atoms with Crippen LogP contribution in [-0.2, 0) is 0 Å². The van der Waals surface area contributed by atoms with Crippen LogP contribution in [0.1, 0.15) is 6.92 Å². The second-order valence-corrected chi connectivity index (χ2v) is 6.21. The Bertz CT molecular complexity index is 1070. The monoisotopic (exact) mass is 372 g/mol. The van der Waals surface area contributed by atoms with Gasteiger partial charge in [0.05, 0.1) is 12.3 Å². The van der Waals surface area contributed by atoms with E-state index in [9.17, 15) is 4.79 Å². The van der Waals surface area contributed by atoms with E-state index in [1.165, 1.54) is 0 Å². The Balaban J connectivity index is 1.46. The van der Waals surface area contributed by atoms with Gasteiger partial charge in [-0.3, -0.25) is 0 Å². The molecular formula is C22H20N4O2. The lowest BCUT2D eigenvalue weighted by Gasteiger charge is -2.09. The van der Waals surface area contributed by atoms with Crippen molar-refractivity contribution in [3.63, 3.8) is 0 Å². The Morgan fingerprint density at radius 3 is 2.61 bits per heavy atom. The summed E-state index contributed by atoms with van der Waals surface area (Å²) in [6.45, 7) is 2.54. The quantitative estimate of drug-likeness (QED) is 0.515. The first-order valence-corrected chi connectivity index (χ1v) is 9.06. The van der Waals surface area contributed by atoms with Gasteiger partial charge in [0.25, 0.3) is 0 Å². The summed E-state index contributed by atoms with van der Waals surface area (Å²) in [7, 11) is 0. The first-order valence-electron chi connectivity index (χ1n) is 9.06. The van der Waals surface area contributed by atoms with E-state index in [2.05, 4.69) is 15.6 Å². The maximum absolute atomic E-state index is 12.3. The molecule has 2 amide bonds. The Hall–Kier alpha value is -3.80. The summed E-state index contributed by atoms with van der Waals surface area (Å²) in [6.07, 6.45) is 3.92. The molecule has 0 radical (unpaired) electrons. The second kappa shape index (κ2) is 7.84. The highest BCUT2D eigenvalue weighted by molar-refractivity contribution is 6.00. The number of fused-ring (bicyclic) bond motifs is 1. The lowest BCUT2D eigenvalue weighted by molar-refractivity contribution is 0.262. The molecule has 6 heteroatoms. The lowest BCUT2D eigenvalue weighted by Crippen LogP contribution is -2.19. The zero-order valence-electron chi connectivity index (χ0n) is 15.4. The first-order chi connectivity index (χ1) is 13.7. The van der Waals surface area contributed by atoms with Crippen LogP contribution >= 0.6 is 0 Å². The Labute approximate surface area is 162 Å². The number of ether oxygens (including phenoxy) is 1. The minimum absolute atomic E-state index is 0.309. The number of hydrogen-bond acceptors (Lipinski definition) is 3. The number of carbonyl (C=O) groups is 1. The molecule has 2 heterocycles. The largest absolute Gasteiger partial charge is 0.494 e. The molecule has 0 spiro atoms. The van der Waals surface area contributed by atoms with E-state index < -0.39 is 0 Å². The Kier molecular flexibility index (Phi) is 4.93. The van der Waals surface area contributed by atoms with Crippen LogP contribution in [-0.4, -0.2) is 22.0 Å². The minimum Gasteiger partial charge on any atom is -0.494 e. The zero-order chi connectivity index (χ0) is 19.3. The van der Waals surface area contributed by atoms with Gasteiger partial charge in [-0.2, -0.15) is 0 Å². The predicted octanol–water partition coefficient (Wildman–Crippen LogP) is 5.04. The number of carbonyl (C=O) groups excluding carboxylic acids is 1. The van der Waals surface area contributed by atoms with E-state index in [0.29, 0.717) is 18.0 Å². The van der Waals surface area contributed by atoms with Crippen LogP contribution in [0, 0.1) is 0 Å². The summed E-state index contributed by atoms with van der Waals surface area (Å²) in [4.78, 5) is 16.9. The van der Waals surface area contributed by atoms with E-state index in [0.717, 1.165) is 22.7 Å². The molecule has 4 aromatic rings. The average molecular weight is 372 g/mol. The van der Waals surface area contributed by atoms with Crippen LogP contribution in [0.15, 0.2) is 79.1 Å². The van der Waals surface area contributed by atoms with Crippen molar-refractivity contribution >= 4 is 23.1 Å². The van der Waals surface area contributed by atoms with Gasteiger partial charge in [0.2, 0.25) is 0 Å². The summed E-state index contributed by atoms with van der Waals surface area (Å²) in [5.41, 5.74) is 4.05. The fourth-order valence-electron chi connectivity index (χ4n) is 2.92. The molecule has 0 unspecified atom stereocenters. The highest BCUT2D eigenvalue weighted by atomic mass is 16.5. The van der Waals surface area contributed by atoms with Crippen LogP contribution in [0.2, 0.25) is 0 Å². The summed E-state index contributed by atoms with van der Waals surface area (Å²) in [5.74, 6) is 0.772. The SMILES string of the molecule is CCOc1ccc(NC(=O)Nc2cccc(-c3cn4ccccc4n3)c2)cc1. The molecule has 0 aliphatic carbocycles. The Morgan fingerprint density at radius 1 is 1.00 bits per heavy atom. The number of nitrogens with one attached hydrogen (secondary N) is 2. The molecule has 0 bridgehead atoms. The van der Waals surface area contributed by atoms with Gasteiger partial charge in [-0.15, -0.1) is 0 Å². The number of nitrogens with zero attached hydrogens (tertiary/aromatic N) is 2. The molecule has 28 heavy (non-hydrogen) atoms. The topological polar surface area (TPSA) is 67.7 Å². The number of benzene rings is 2. The fourth-order valence-corrected chi connectivity index (χ4v) is 2.92. The average Bonchev–Trinajstić information content (AvgIpc) is 3.14. The van der Waals surface area contributed by atoms with Crippen LogP contribution in [0.25, 0.3) is 16.9 Å². The van der Waals surface area contributed by atoms with Gasteiger partial charge in [0.15, 0.2) is 0 Å². The van der Waals surface area contributed by atoms with Gasteiger partial charge in [0, 0.05) is 29.3 Å². The number of rotatable bonds is 5. The first kappa shape index (κ1) is 17.6. The van der Waals surface area contributed by atoms with Crippen LogP contribution in [0.5, 0.6) is 5.75 Å². The molecule has 2 aromatic carbocycles. The van der Waals surface area contributed by atoms with E-state index in [1.54, 1.807) is 12.1 Å². The van der Waals surface area contributed by atoms with Gasteiger partial charge in [0.1, 0.15) is 11.4 Å². The number of amides is 2. The fraction of sp³-hybridized carbons (Fsp3) is 0.0909. The number of urea groups is 1. The lowest BCUT2D eigenvalue weighted by atomic mass is 10.1. The zero-order valence-corrected chi connectivity index (χ0v) is 15.4. The van der Waals surface area contributed by atoms with E-state index in [-0.39, 0.29) is 6.03 Å². The molecule has 0 saturated carbocycles. The molecule has 0 saturated heterocycles. The number of aromatic nitrogens is 2. The highest BCUT2D eigenvalue weighted by Crippen LogP contribution is 2.23. The van der Waals surface area contributed by atoms with E-state index in [1.807, 2.05) is 78.3 Å². The molecule has 0 aliphatic rings. The van der Waals surface area contributed by atoms with E-state index >= 15 is 0 Å². The molecule has 2 N–H and O–H groups in total. The van der Waals surface area contributed by atoms with Crippen LogP contribution in [0.4, 0.5) is 16.2 Å². The van der Waals surface area contributed by atoms with Crippen molar-refractivity contribution < 1.29 is 9.53 Å². The summed E-state index contributed by atoms with van der Waals surface area (Å²) in [5, 5.41) is 5.67. The van der Waals surface area contributed by atoms with Crippen molar-refractivity contribution in [3.05, 3.63) is 79.1 Å². The van der Waals surface area contributed by atoms with Gasteiger partial charge in [-0.1, -0.05) is 18.2 Å². The smallest absolute Gasteiger partial charge is 0.323 e. The number of pyridine rings is 1. The van der Waals surface area contributed by atoms with Gasteiger partial charge >= 0.3 is 6.03 Å². The molecule has 6 nitrogen and oxygen atoms in total. The van der Waals surface area contributed by atoms with Gasteiger partial charge < -0.3 is 19.8 Å². The van der Waals surface area contributed by atoms with Crippen molar-refractivity contribution in [2.75, 3.05) is 17.2 Å². The molecule has 0 aliphatic heterocycles. The molecule has 0 fully saturated rings. The van der Waals surface area contributed by atoms with Crippen molar-refractivity contribution in [2.24, 2.45) is 0 Å². The second-order valence-electron chi connectivity index (χ2n) is 6.21. The normalized spacial score (nSPS) is 10.6.